The summed E-state index contributed by atoms with van der Waals surface area (Å²) in [7, 11) is -7.20. The van der Waals surface area contributed by atoms with Gasteiger partial charge in [-0.25, -0.2) is 22.9 Å². The fraction of sp³-hybridized carbons (Fsp3) is 0.824. The second kappa shape index (κ2) is 13.7. The lowest BCUT2D eigenvalue weighted by atomic mass is 9.91. The molecule has 50 heavy (non-hydrogen) atoms. The van der Waals surface area contributed by atoms with E-state index in [4.69, 9.17) is 0 Å². The van der Waals surface area contributed by atoms with E-state index in [0.717, 1.165) is 0 Å². The number of alkyl halides is 24. The highest BCUT2D eigenvalue weighted by molar-refractivity contribution is 7.90. The number of halogens is 27. The summed E-state index contributed by atoms with van der Waals surface area (Å²) < 4.78 is 363. The monoisotopic (exact) mass is 835 g/mol. The molecule has 0 aliphatic rings. The van der Waals surface area contributed by atoms with Crippen LogP contribution in [0.1, 0.15) is 13.8 Å². The lowest BCUT2D eigenvalue weighted by Gasteiger charge is -2.42. The molecule has 0 saturated heterocycles. The maximum Gasteiger partial charge on any atom is 0.460 e. The highest BCUT2D eigenvalue weighted by Gasteiger charge is 2.96. The van der Waals surface area contributed by atoms with Crippen molar-refractivity contribution in [1.29, 1.82) is 0 Å². The topological polar surface area (TPSA) is 72.5 Å². The highest BCUT2D eigenvalue weighted by Crippen LogP contribution is 2.64. The maximum atomic E-state index is 13.5. The predicted molar refractivity (Wildman–Crippen MR) is 100 cm³/mol. The van der Waals surface area contributed by atoms with Crippen molar-refractivity contribution in [2.75, 3.05) is 0 Å². The van der Waals surface area contributed by atoms with Crippen molar-refractivity contribution in [2.45, 2.75) is 84.9 Å². The van der Waals surface area contributed by atoms with Crippen LogP contribution in [0.3, 0.4) is 0 Å². The zero-order chi connectivity index (χ0) is 41.7. The minimum absolute atomic E-state index is 0.462. The molecule has 0 radical (unpaired) electrons. The first-order chi connectivity index (χ1) is 21.2. The van der Waals surface area contributed by atoms with Crippen LogP contribution in [0.4, 0.5) is 119 Å². The van der Waals surface area contributed by atoms with Crippen LogP contribution in [-0.2, 0) is 19.8 Å². The molecule has 0 aromatic carbocycles. The summed E-state index contributed by atoms with van der Waals surface area (Å²) in [5, 5.41) is -7.52. The third-order valence-electron chi connectivity index (χ3n) is 4.95. The normalized spacial score (nSPS) is 15.4. The minimum atomic E-state index is -8.82. The van der Waals surface area contributed by atoms with Gasteiger partial charge in [0.15, 0.2) is 5.57 Å². The molecule has 0 rings (SSSR count). The Morgan fingerprint density at radius 2 is 0.800 bits per heavy atom. The summed E-state index contributed by atoms with van der Waals surface area (Å²) >= 11 is 0. The van der Waals surface area contributed by atoms with Crippen molar-refractivity contribution in [3.8, 4) is 0 Å². The van der Waals surface area contributed by atoms with E-state index in [1.54, 1.807) is 0 Å². The summed E-state index contributed by atoms with van der Waals surface area (Å²) in [6.07, 6.45) is -18.7. The quantitative estimate of drug-likeness (QED) is 0.158. The van der Waals surface area contributed by atoms with E-state index >= 15 is 0 Å². The molecule has 0 aromatic heterocycles. The van der Waals surface area contributed by atoms with Gasteiger partial charge >= 0.3 is 71.0 Å². The molecule has 1 N–H and O–H groups in total. The molecule has 5 nitrogen and oxygen atoms in total. The van der Waals surface area contributed by atoms with Crippen molar-refractivity contribution >= 4 is 16.0 Å². The summed E-state index contributed by atoms with van der Waals surface area (Å²) in [4.78, 5) is 11.9. The number of hydrogen-bond acceptors (Lipinski definition) is 4. The summed E-state index contributed by atoms with van der Waals surface area (Å²) in [5.41, 5.74) is -3.72. The minimum Gasteiger partial charge on any atom is -0.249 e. The van der Waals surface area contributed by atoms with Crippen LogP contribution in [0.25, 0.3) is 0 Å². The molecule has 0 aromatic rings. The average molecular weight is 835 g/mol. The van der Waals surface area contributed by atoms with E-state index in [1.807, 2.05) is 4.94 Å². The van der Waals surface area contributed by atoms with Gasteiger partial charge in [0, 0.05) is 10.6 Å². The highest BCUT2D eigenvalue weighted by atomic mass is 32.2. The average Bonchev–Trinajstić information content (AvgIpc) is 2.85. The molecule has 0 aliphatic carbocycles. The van der Waals surface area contributed by atoms with Crippen molar-refractivity contribution in [3.05, 3.63) is 11.7 Å². The number of nitrogens with one attached hydrogen (secondary N) is 1. The fourth-order valence-electron chi connectivity index (χ4n) is 2.40. The fourth-order valence-corrected chi connectivity index (χ4v) is 3.63. The van der Waals surface area contributed by atoms with Crippen molar-refractivity contribution in [3.63, 3.8) is 0 Å². The molecule has 0 fully saturated rings. The van der Waals surface area contributed by atoms with Gasteiger partial charge in [-0.05, 0) is 13.8 Å². The van der Waals surface area contributed by atoms with Crippen LogP contribution >= 0.6 is 0 Å². The van der Waals surface area contributed by atoms with E-state index in [-0.39, 0.29) is 0 Å². The lowest BCUT2D eigenvalue weighted by Crippen LogP contribution is -2.75. The molecule has 0 atom stereocenters. The van der Waals surface area contributed by atoms with Crippen LogP contribution < -0.4 is 4.72 Å². The zero-order valence-electron chi connectivity index (χ0n) is 22.3. The van der Waals surface area contributed by atoms with E-state index in [1.165, 1.54) is 0 Å². The van der Waals surface area contributed by atoms with Gasteiger partial charge in [0.2, 0.25) is 0 Å². The Balaban J connectivity index is 0. The van der Waals surface area contributed by atoms with Crippen molar-refractivity contribution < 1.29 is 137 Å². The SMILES string of the molecule is CC(C)NS(=O)(=O)C(F)(F)C(F)(F)C(F)(F)C(F)(F)C(F)(F)C(F)(F)C(F)(F)C(F)(F)F.O=C(OF)C(=C(F)F)C(F)(F)C(F)(F)C(F)(F)F. The second-order valence-corrected chi connectivity index (χ2v) is 10.6. The maximum absolute atomic E-state index is 13.5. The van der Waals surface area contributed by atoms with Gasteiger partial charge in [-0.2, -0.15) is 114 Å². The van der Waals surface area contributed by atoms with Crippen LogP contribution in [0.15, 0.2) is 11.7 Å². The first-order valence-corrected chi connectivity index (χ1v) is 12.1. The number of rotatable bonds is 12. The van der Waals surface area contributed by atoms with Crippen LogP contribution in [0.5, 0.6) is 0 Å². The standard InChI is InChI=1S/C11H8F17NO2S.C6F10O2/c1-3(2)29-32(30,31)11(27,28)9(22,23)7(18,19)5(14,15)4(12,13)6(16,17)8(20,21)10(24,25)26;7-2(8)1(3(17)18-16)4(9,10)5(11,12)6(13,14)15/h3,29H,1-2H3;. The Labute approximate surface area is 255 Å². The Bertz CT molecular complexity index is 1350. The first-order valence-electron chi connectivity index (χ1n) is 10.7. The van der Waals surface area contributed by atoms with Crippen LogP contribution in [0, 0.1) is 0 Å². The zero-order valence-corrected chi connectivity index (χ0v) is 23.1. The van der Waals surface area contributed by atoms with E-state index in [2.05, 4.69) is 0 Å². The van der Waals surface area contributed by atoms with E-state index in [9.17, 15) is 132 Å². The number of hydrogen-bond donors (Lipinski definition) is 1. The van der Waals surface area contributed by atoms with Crippen molar-refractivity contribution in [2.24, 2.45) is 0 Å². The van der Waals surface area contributed by atoms with Gasteiger partial charge in [-0.1, -0.05) is 0 Å². The van der Waals surface area contributed by atoms with Gasteiger partial charge in [0.25, 0.3) is 16.1 Å². The third kappa shape index (κ3) is 7.55. The molecule has 0 bridgehead atoms. The molecule has 33 heteroatoms. The third-order valence-corrected chi connectivity index (χ3v) is 6.66. The molecular formula is C17H8F27NO4S. The van der Waals surface area contributed by atoms with Gasteiger partial charge in [-0.3, -0.25) is 0 Å². The Hall–Kier alpha value is -2.77. The lowest BCUT2D eigenvalue weighted by molar-refractivity contribution is -0.458. The van der Waals surface area contributed by atoms with Gasteiger partial charge in [0.1, 0.15) is 0 Å². The molecule has 0 unspecified atom stereocenters. The van der Waals surface area contributed by atoms with Gasteiger partial charge < -0.3 is 0 Å². The Morgan fingerprint density at radius 1 is 0.520 bits per heavy atom. The molecule has 300 valence electrons. The Kier molecular flexibility index (Phi) is 13.5. The number of carbonyl (C=O) groups excluding carboxylic acids is 1. The molecule has 0 amide bonds. The summed E-state index contributed by atoms with van der Waals surface area (Å²) in [5.74, 6) is -68.6. The first kappa shape index (κ1) is 49.3. The molecule has 0 heterocycles. The van der Waals surface area contributed by atoms with E-state index < -0.39 is 98.7 Å². The molecule has 0 aliphatic heterocycles. The number of carbonyl (C=O) groups is 1. The summed E-state index contributed by atoms with van der Waals surface area (Å²) in [6, 6.07) is -1.87. The van der Waals surface area contributed by atoms with Crippen LogP contribution in [0.2, 0.25) is 0 Å². The largest absolute Gasteiger partial charge is 0.460 e. The van der Waals surface area contributed by atoms with E-state index in [0.29, 0.717) is 18.6 Å². The van der Waals surface area contributed by atoms with Crippen LogP contribution in [-0.4, -0.2) is 85.4 Å². The molecule has 0 spiro atoms. The van der Waals surface area contributed by atoms with Crippen molar-refractivity contribution in [1.82, 2.24) is 4.72 Å². The predicted octanol–water partition coefficient (Wildman–Crippen LogP) is 8.68. The molecular weight excluding hydrogens is 827 g/mol. The number of sulfonamides is 1. The second-order valence-electron chi connectivity index (χ2n) is 8.88. The summed E-state index contributed by atoms with van der Waals surface area (Å²) in [6.45, 7) is 1.12. The smallest absolute Gasteiger partial charge is 0.249 e. The van der Waals surface area contributed by atoms with Gasteiger partial charge in [-0.15, -0.1) is 0 Å². The Morgan fingerprint density at radius 3 is 1.04 bits per heavy atom. The van der Waals surface area contributed by atoms with Gasteiger partial charge in [0.05, 0.1) is 0 Å². The molecule has 0 saturated carbocycles.